The van der Waals surface area contributed by atoms with Crippen molar-refractivity contribution in [1.82, 2.24) is 5.32 Å². The number of likely N-dealkylation sites (N-methyl/N-ethyl adjacent to an activating group) is 1. The van der Waals surface area contributed by atoms with Crippen LogP contribution in [0.15, 0.2) is 12.2 Å². The van der Waals surface area contributed by atoms with E-state index in [4.69, 9.17) is 9.05 Å². The quantitative estimate of drug-likeness (QED) is 0.0272. The second-order valence-corrected chi connectivity index (χ2v) is 29.5. The number of amides is 1. The Morgan fingerprint density at radius 3 is 0.882 bits per heavy atom. The van der Waals surface area contributed by atoms with Gasteiger partial charge in [-0.3, -0.25) is 9.36 Å². The summed E-state index contributed by atoms with van der Waals surface area (Å²) < 4.78 is 23.5. The van der Waals surface area contributed by atoms with Crippen molar-refractivity contribution < 1.29 is 32.9 Å². The summed E-state index contributed by atoms with van der Waals surface area (Å²) in [7, 11) is 1.29. The molecule has 3 unspecified atom stereocenters. The highest BCUT2D eigenvalue weighted by atomic mass is 31.2. The van der Waals surface area contributed by atoms with Gasteiger partial charge in [0.25, 0.3) is 7.82 Å². The van der Waals surface area contributed by atoms with Crippen LogP contribution in [0.5, 0.6) is 0 Å². The molecule has 0 fully saturated rings. The minimum atomic E-state index is -4.60. The molecule has 0 aliphatic carbocycles. The minimum absolute atomic E-state index is 0.00306. The predicted octanol–water partition coefficient (Wildman–Crippen LogP) is 24.2. The molecule has 0 aliphatic rings. The Balaban J connectivity index is 3.90. The third kappa shape index (κ3) is 70.6. The standard InChI is InChI=1S/C76H153N2O6P/c1-6-8-10-12-14-16-18-20-22-24-26-28-30-32-33-34-35-36-37-38-39-40-41-42-43-44-45-46-48-50-52-54-56-58-60-62-64-66-68-70-76(80)77-74(73-84-85(81,82)83-72-71-78(3,4)5)75(79)69-67-65-63-61-59-57-55-53-51-49-47-31-29-27-25-23-21-19-17-15-13-11-9-7-2/h67,69,74-75,79H,6-66,68,70-73H2,1-5H3,(H-,77,80,81,82)/b69-67+. The third-order valence-corrected chi connectivity index (χ3v) is 19.2. The van der Waals surface area contributed by atoms with E-state index in [-0.39, 0.29) is 19.1 Å². The smallest absolute Gasteiger partial charge is 0.268 e. The normalized spacial score (nSPS) is 13.5. The zero-order valence-corrected chi connectivity index (χ0v) is 59.3. The molecule has 0 bridgehead atoms. The number of phosphoric acid groups is 1. The number of phosphoric ester groups is 1. The van der Waals surface area contributed by atoms with Crippen LogP contribution in [0.4, 0.5) is 0 Å². The lowest BCUT2D eigenvalue weighted by Crippen LogP contribution is -2.45. The molecular weight excluding hydrogens is 1070 g/mol. The van der Waals surface area contributed by atoms with E-state index >= 15 is 0 Å². The fourth-order valence-electron chi connectivity index (χ4n) is 12.3. The Morgan fingerprint density at radius 1 is 0.400 bits per heavy atom. The number of unbranched alkanes of at least 4 members (excludes halogenated alkanes) is 60. The van der Waals surface area contributed by atoms with E-state index in [1.165, 1.54) is 360 Å². The van der Waals surface area contributed by atoms with Crippen molar-refractivity contribution in [3.05, 3.63) is 12.2 Å². The molecule has 0 aromatic rings. The van der Waals surface area contributed by atoms with Gasteiger partial charge < -0.3 is 28.8 Å². The second-order valence-electron chi connectivity index (χ2n) is 28.1. The third-order valence-electron chi connectivity index (χ3n) is 18.2. The van der Waals surface area contributed by atoms with Crippen molar-refractivity contribution in [2.45, 2.75) is 431 Å². The molecule has 0 spiro atoms. The van der Waals surface area contributed by atoms with E-state index in [9.17, 15) is 19.4 Å². The van der Waals surface area contributed by atoms with Crippen LogP contribution < -0.4 is 10.2 Å². The molecule has 508 valence electrons. The molecule has 0 aromatic carbocycles. The number of allylic oxidation sites excluding steroid dienone is 1. The lowest BCUT2D eigenvalue weighted by molar-refractivity contribution is -0.870. The van der Waals surface area contributed by atoms with Gasteiger partial charge in [-0.2, -0.15) is 0 Å². The summed E-state index contributed by atoms with van der Waals surface area (Å²) >= 11 is 0. The largest absolute Gasteiger partial charge is 0.756 e. The molecule has 85 heavy (non-hydrogen) atoms. The van der Waals surface area contributed by atoms with Crippen molar-refractivity contribution in [3.63, 3.8) is 0 Å². The molecule has 0 rings (SSSR count). The molecule has 0 aliphatic heterocycles. The van der Waals surface area contributed by atoms with Gasteiger partial charge in [-0.15, -0.1) is 0 Å². The Labute approximate surface area is 532 Å². The Hall–Kier alpha value is -0.760. The second kappa shape index (κ2) is 67.6. The van der Waals surface area contributed by atoms with Crippen molar-refractivity contribution in [2.24, 2.45) is 0 Å². The minimum Gasteiger partial charge on any atom is -0.756 e. The average Bonchev–Trinajstić information content (AvgIpc) is 3.49. The molecule has 0 saturated carbocycles. The van der Waals surface area contributed by atoms with Crippen LogP contribution in [-0.2, 0) is 18.4 Å². The van der Waals surface area contributed by atoms with E-state index in [1.807, 2.05) is 27.2 Å². The van der Waals surface area contributed by atoms with Crippen molar-refractivity contribution in [2.75, 3.05) is 40.9 Å². The van der Waals surface area contributed by atoms with Crippen LogP contribution in [0.1, 0.15) is 418 Å². The molecule has 0 aromatic heterocycles. The highest BCUT2D eigenvalue weighted by molar-refractivity contribution is 7.45. The molecule has 0 radical (unpaired) electrons. The summed E-state index contributed by atoms with van der Waals surface area (Å²) in [6.07, 6.45) is 88.0. The van der Waals surface area contributed by atoms with Gasteiger partial charge in [0.2, 0.25) is 5.91 Å². The Kier molecular flexibility index (Phi) is 67.0. The average molecular weight is 1220 g/mol. The van der Waals surface area contributed by atoms with Crippen molar-refractivity contribution in [1.29, 1.82) is 0 Å². The van der Waals surface area contributed by atoms with Gasteiger partial charge in [0, 0.05) is 6.42 Å². The highest BCUT2D eigenvalue weighted by Crippen LogP contribution is 2.38. The maximum absolute atomic E-state index is 13.1. The van der Waals surface area contributed by atoms with E-state index in [0.29, 0.717) is 17.4 Å². The SMILES string of the molecule is CCCCCCCCCCCCCCCCCCCCCCCC/C=C/C(O)C(COP(=O)([O-])OCC[N+](C)(C)C)NC(=O)CCCCCCCCCCCCCCCCCCCCCCCCCCCCCCCCCCCCCCCCC. The first-order chi connectivity index (χ1) is 41.5. The number of nitrogens with one attached hydrogen (secondary N) is 1. The summed E-state index contributed by atoms with van der Waals surface area (Å²) in [6, 6.07) is -0.884. The van der Waals surface area contributed by atoms with Crippen LogP contribution in [0.3, 0.4) is 0 Å². The first-order valence-electron chi connectivity index (χ1n) is 38.6. The molecule has 0 saturated heterocycles. The van der Waals surface area contributed by atoms with Crippen LogP contribution >= 0.6 is 7.82 Å². The molecule has 3 atom stereocenters. The van der Waals surface area contributed by atoms with E-state index in [2.05, 4.69) is 19.2 Å². The zero-order chi connectivity index (χ0) is 61.9. The van der Waals surface area contributed by atoms with E-state index < -0.39 is 20.0 Å². The maximum Gasteiger partial charge on any atom is 0.268 e. The van der Waals surface area contributed by atoms with Gasteiger partial charge >= 0.3 is 0 Å². The molecule has 1 amide bonds. The number of carbonyl (C=O) groups excluding carboxylic acids is 1. The molecule has 2 N–H and O–H groups in total. The predicted molar refractivity (Wildman–Crippen MR) is 372 cm³/mol. The van der Waals surface area contributed by atoms with E-state index in [0.717, 1.165) is 38.5 Å². The lowest BCUT2D eigenvalue weighted by Gasteiger charge is -2.29. The Morgan fingerprint density at radius 2 is 0.635 bits per heavy atom. The highest BCUT2D eigenvalue weighted by Gasteiger charge is 2.23. The fraction of sp³-hybridized carbons (Fsp3) is 0.961. The summed E-state index contributed by atoms with van der Waals surface area (Å²) in [5.41, 5.74) is 0. The lowest BCUT2D eigenvalue weighted by atomic mass is 10.0. The number of rotatable bonds is 73. The summed E-state index contributed by atoms with van der Waals surface area (Å²) in [5, 5.41) is 14.0. The Bertz CT molecular complexity index is 1390. The molecule has 9 heteroatoms. The topological polar surface area (TPSA) is 108 Å². The van der Waals surface area contributed by atoms with Gasteiger partial charge in [-0.05, 0) is 19.3 Å². The zero-order valence-electron chi connectivity index (χ0n) is 58.4. The van der Waals surface area contributed by atoms with Gasteiger partial charge in [-0.1, -0.05) is 405 Å². The van der Waals surface area contributed by atoms with Gasteiger partial charge in [-0.25, -0.2) is 0 Å². The van der Waals surface area contributed by atoms with Crippen LogP contribution in [0.25, 0.3) is 0 Å². The molecule has 8 nitrogen and oxygen atoms in total. The number of aliphatic hydroxyl groups is 1. The summed E-state index contributed by atoms with van der Waals surface area (Å²) in [5.74, 6) is -0.186. The summed E-state index contributed by atoms with van der Waals surface area (Å²) in [6.45, 7) is 4.73. The van der Waals surface area contributed by atoms with Crippen LogP contribution in [0, 0.1) is 0 Å². The molecule has 0 heterocycles. The van der Waals surface area contributed by atoms with Crippen LogP contribution in [-0.4, -0.2) is 68.5 Å². The number of hydrogen-bond acceptors (Lipinski definition) is 6. The number of carbonyl (C=O) groups is 1. The van der Waals surface area contributed by atoms with Gasteiger partial charge in [0.15, 0.2) is 0 Å². The first-order valence-corrected chi connectivity index (χ1v) is 40.0. The van der Waals surface area contributed by atoms with Gasteiger partial charge in [0.05, 0.1) is 39.9 Å². The fourth-order valence-corrected chi connectivity index (χ4v) is 13.0. The maximum atomic E-state index is 13.1. The number of aliphatic hydroxyl groups excluding tert-OH is 1. The first kappa shape index (κ1) is 84.2. The van der Waals surface area contributed by atoms with Crippen molar-refractivity contribution in [3.8, 4) is 0 Å². The number of quaternary nitrogens is 1. The van der Waals surface area contributed by atoms with Crippen LogP contribution in [0.2, 0.25) is 0 Å². The number of hydrogen-bond donors (Lipinski definition) is 2. The van der Waals surface area contributed by atoms with Crippen molar-refractivity contribution >= 4 is 13.7 Å². The van der Waals surface area contributed by atoms with E-state index in [1.54, 1.807) is 6.08 Å². The van der Waals surface area contributed by atoms with Gasteiger partial charge in [0.1, 0.15) is 13.2 Å². The number of nitrogens with zero attached hydrogens (tertiary/aromatic N) is 1. The monoisotopic (exact) mass is 1220 g/mol. The molecular formula is C76H153N2O6P. The summed E-state index contributed by atoms with van der Waals surface area (Å²) in [4.78, 5) is 25.7.